The molecule has 1 rings (SSSR count). The lowest BCUT2D eigenvalue weighted by Gasteiger charge is -2.06. The Morgan fingerprint density at radius 3 is 2.47 bits per heavy atom. The molecule has 0 aliphatic rings. The van der Waals surface area contributed by atoms with Crippen molar-refractivity contribution in [2.45, 2.75) is 45.4 Å². The second kappa shape index (κ2) is 6.24. The zero-order valence-corrected chi connectivity index (χ0v) is 12.5. The summed E-state index contributed by atoms with van der Waals surface area (Å²) in [7, 11) is 0. The normalized spacial score (nSPS) is 12.5. The first-order valence-electron chi connectivity index (χ1n) is 5.92. The summed E-state index contributed by atoms with van der Waals surface area (Å²) in [5, 5.41) is 2.93. The average Bonchev–Trinajstić information content (AvgIpc) is 2.48. The Hall–Kier alpha value is -0.770. The van der Waals surface area contributed by atoms with Gasteiger partial charge in [-0.15, -0.1) is 0 Å². The van der Waals surface area contributed by atoms with Crippen molar-refractivity contribution in [2.24, 2.45) is 0 Å². The van der Waals surface area contributed by atoms with Gasteiger partial charge in [0.2, 0.25) is 0 Å². The first-order valence-corrected chi connectivity index (χ1v) is 6.84. The number of nitrogens with one attached hydrogen (secondary N) is 1. The Morgan fingerprint density at radius 2 is 2.00 bits per heavy atom. The third kappa shape index (κ3) is 3.87. The number of carbonyl (C=O) groups excluding carboxylic acids is 1. The Balaban J connectivity index is 2.53. The molecule has 1 amide bonds. The van der Waals surface area contributed by atoms with E-state index in [1.165, 1.54) is 0 Å². The minimum Gasteiger partial charge on any atom is -0.466 e. The van der Waals surface area contributed by atoms with Crippen LogP contribution >= 0.6 is 15.9 Å². The Labute approximate surface area is 111 Å². The summed E-state index contributed by atoms with van der Waals surface area (Å²) in [5.74, 6) is 1.49. The third-order valence-electron chi connectivity index (χ3n) is 2.85. The molecule has 3 nitrogen and oxygen atoms in total. The van der Waals surface area contributed by atoms with Gasteiger partial charge in [-0.05, 0) is 33.6 Å². The van der Waals surface area contributed by atoms with Crippen LogP contribution in [0.15, 0.2) is 4.42 Å². The molecule has 0 saturated heterocycles. The number of hydrogen-bond donors (Lipinski definition) is 1. The van der Waals surface area contributed by atoms with Gasteiger partial charge in [0.15, 0.2) is 0 Å². The molecule has 4 heteroatoms. The summed E-state index contributed by atoms with van der Waals surface area (Å²) in [5.41, 5.74) is 1.63. The van der Waals surface area contributed by atoms with Crippen molar-refractivity contribution in [3.63, 3.8) is 0 Å². The molecule has 0 aliphatic heterocycles. The van der Waals surface area contributed by atoms with Gasteiger partial charge in [0.25, 0.3) is 5.91 Å². The molecule has 1 aromatic heterocycles. The average molecular weight is 302 g/mol. The van der Waals surface area contributed by atoms with E-state index in [9.17, 15) is 4.79 Å². The van der Waals surface area contributed by atoms with Crippen molar-refractivity contribution in [3.8, 4) is 0 Å². The van der Waals surface area contributed by atoms with Crippen LogP contribution in [-0.4, -0.2) is 17.3 Å². The van der Waals surface area contributed by atoms with Crippen molar-refractivity contribution >= 4 is 21.8 Å². The van der Waals surface area contributed by atoms with Crippen LogP contribution in [0.2, 0.25) is 0 Å². The fourth-order valence-corrected chi connectivity index (χ4v) is 2.12. The summed E-state index contributed by atoms with van der Waals surface area (Å²) in [6, 6.07) is 0. The van der Waals surface area contributed by atoms with Gasteiger partial charge in [0.05, 0.1) is 5.56 Å². The Morgan fingerprint density at radius 1 is 1.35 bits per heavy atom. The minimum absolute atomic E-state index is 0.0286. The molecule has 1 atom stereocenters. The van der Waals surface area contributed by atoms with Crippen molar-refractivity contribution in [1.82, 2.24) is 5.32 Å². The van der Waals surface area contributed by atoms with Crippen LogP contribution in [-0.2, 0) is 0 Å². The van der Waals surface area contributed by atoms with Crippen LogP contribution in [0.25, 0.3) is 0 Å². The number of alkyl halides is 1. The van der Waals surface area contributed by atoms with Crippen LogP contribution < -0.4 is 5.32 Å². The van der Waals surface area contributed by atoms with E-state index in [-0.39, 0.29) is 5.91 Å². The fourth-order valence-electron chi connectivity index (χ4n) is 1.80. The molecular weight excluding hydrogens is 282 g/mol. The van der Waals surface area contributed by atoms with Gasteiger partial charge >= 0.3 is 0 Å². The second-order valence-corrected chi connectivity index (χ2v) is 5.96. The van der Waals surface area contributed by atoms with Gasteiger partial charge in [0, 0.05) is 16.9 Å². The van der Waals surface area contributed by atoms with Crippen molar-refractivity contribution < 1.29 is 9.21 Å². The third-order valence-corrected chi connectivity index (χ3v) is 3.31. The number of halogens is 1. The molecule has 0 saturated carbocycles. The molecule has 0 radical (unpaired) electrons. The highest BCUT2D eigenvalue weighted by Crippen LogP contribution is 2.20. The van der Waals surface area contributed by atoms with E-state index in [1.807, 2.05) is 20.8 Å². The zero-order chi connectivity index (χ0) is 13.0. The lowest BCUT2D eigenvalue weighted by atomic mass is 10.1. The van der Waals surface area contributed by atoms with Gasteiger partial charge in [-0.25, -0.2) is 0 Å². The molecule has 0 aromatic carbocycles. The summed E-state index contributed by atoms with van der Waals surface area (Å²) in [4.78, 5) is 12.5. The summed E-state index contributed by atoms with van der Waals surface area (Å²) >= 11 is 3.49. The van der Waals surface area contributed by atoms with E-state index in [4.69, 9.17) is 4.42 Å². The molecule has 0 bridgehead atoms. The number of rotatable bonds is 5. The van der Waals surface area contributed by atoms with Gasteiger partial charge < -0.3 is 9.73 Å². The predicted molar refractivity (Wildman–Crippen MR) is 72.9 cm³/mol. The predicted octanol–water partition coefficient (Wildman–Crippen LogP) is 3.50. The Kier molecular flexibility index (Phi) is 5.25. The molecular formula is C13H20BrNO2. The zero-order valence-electron chi connectivity index (χ0n) is 10.9. The molecule has 0 spiro atoms. The van der Waals surface area contributed by atoms with Gasteiger partial charge in [0.1, 0.15) is 11.5 Å². The van der Waals surface area contributed by atoms with Crippen LogP contribution in [0.4, 0.5) is 0 Å². The first-order chi connectivity index (χ1) is 7.93. The van der Waals surface area contributed by atoms with Gasteiger partial charge in [-0.1, -0.05) is 22.9 Å². The molecule has 96 valence electrons. The van der Waals surface area contributed by atoms with E-state index in [2.05, 4.69) is 28.2 Å². The van der Waals surface area contributed by atoms with Crippen LogP contribution in [0.3, 0.4) is 0 Å². The van der Waals surface area contributed by atoms with E-state index < -0.39 is 0 Å². The standard InChI is InChI=1S/C13H20BrNO2/c1-8(14)6-5-7-15-13(16)12-9(2)10(3)17-11(12)4/h8H,5-7H2,1-4H3,(H,15,16). The van der Waals surface area contributed by atoms with Crippen molar-refractivity contribution in [3.05, 3.63) is 22.6 Å². The topological polar surface area (TPSA) is 42.2 Å². The molecule has 0 aliphatic carbocycles. The van der Waals surface area contributed by atoms with E-state index in [0.29, 0.717) is 22.7 Å². The number of hydrogen-bond acceptors (Lipinski definition) is 2. The SMILES string of the molecule is Cc1oc(C)c(C(=O)NCCCC(C)Br)c1C. The molecule has 17 heavy (non-hydrogen) atoms. The number of aryl methyl sites for hydroxylation is 2. The highest BCUT2D eigenvalue weighted by atomic mass is 79.9. The summed E-state index contributed by atoms with van der Waals surface area (Å²) in [6.45, 7) is 8.44. The first kappa shape index (κ1) is 14.3. The number of carbonyl (C=O) groups is 1. The van der Waals surface area contributed by atoms with E-state index >= 15 is 0 Å². The maximum Gasteiger partial charge on any atom is 0.255 e. The Bertz CT molecular complexity index is 396. The quantitative estimate of drug-likeness (QED) is 0.668. The van der Waals surface area contributed by atoms with Gasteiger partial charge in [-0.3, -0.25) is 4.79 Å². The largest absolute Gasteiger partial charge is 0.466 e. The monoisotopic (exact) mass is 301 g/mol. The van der Waals surface area contributed by atoms with Crippen molar-refractivity contribution in [1.29, 1.82) is 0 Å². The van der Waals surface area contributed by atoms with Crippen LogP contribution in [0.1, 0.15) is 47.2 Å². The lowest BCUT2D eigenvalue weighted by Crippen LogP contribution is -2.25. The molecule has 1 aromatic rings. The fraction of sp³-hybridized carbons (Fsp3) is 0.615. The lowest BCUT2D eigenvalue weighted by molar-refractivity contribution is 0.0951. The van der Waals surface area contributed by atoms with Crippen LogP contribution in [0.5, 0.6) is 0 Å². The number of furan rings is 1. The van der Waals surface area contributed by atoms with E-state index in [1.54, 1.807) is 0 Å². The molecule has 1 unspecified atom stereocenters. The maximum atomic E-state index is 12.0. The molecule has 1 heterocycles. The smallest absolute Gasteiger partial charge is 0.255 e. The van der Waals surface area contributed by atoms with Crippen molar-refractivity contribution in [2.75, 3.05) is 6.54 Å². The summed E-state index contributed by atoms with van der Waals surface area (Å²) in [6.07, 6.45) is 2.04. The minimum atomic E-state index is -0.0286. The van der Waals surface area contributed by atoms with Crippen LogP contribution in [0, 0.1) is 20.8 Å². The molecule has 1 N–H and O–H groups in total. The maximum absolute atomic E-state index is 12.0. The molecule has 0 fully saturated rings. The van der Waals surface area contributed by atoms with Gasteiger partial charge in [-0.2, -0.15) is 0 Å². The van der Waals surface area contributed by atoms with E-state index in [0.717, 1.165) is 24.2 Å². The highest BCUT2D eigenvalue weighted by molar-refractivity contribution is 9.09. The number of amides is 1. The second-order valence-electron chi connectivity index (χ2n) is 4.39. The summed E-state index contributed by atoms with van der Waals surface area (Å²) < 4.78 is 5.44. The highest BCUT2D eigenvalue weighted by Gasteiger charge is 2.17.